The number of nitrogens with zero attached hydrogens (tertiary/aromatic N) is 3. The van der Waals surface area contributed by atoms with Crippen molar-refractivity contribution >= 4 is 23.7 Å². The molecule has 0 radical (unpaired) electrons. The molecule has 0 saturated heterocycles. The molecular weight excluding hydrogens is 342 g/mol. The zero-order valence-electron chi connectivity index (χ0n) is 14.5. The van der Waals surface area contributed by atoms with Gasteiger partial charge in [-0.05, 0) is 12.1 Å². The van der Waals surface area contributed by atoms with Gasteiger partial charge in [0.1, 0.15) is 49.9 Å². The van der Waals surface area contributed by atoms with Gasteiger partial charge < -0.3 is 18.9 Å². The standard InChI is InChI=1S/C17H19N3O6/c1-10(21)23-6-12-8-25-16(18-12)14-4-3-5-15(20-14)17-19-13(9-26-17)7-24-11(2)22/h3-5,12-13H,6-9H2,1-2H3. The molecule has 138 valence electrons. The molecule has 0 aliphatic carbocycles. The number of carbonyl (C=O) groups is 2. The average molecular weight is 361 g/mol. The number of hydrogen-bond donors (Lipinski definition) is 0. The Kier molecular flexibility index (Phi) is 5.45. The minimum Gasteiger partial charge on any atom is -0.474 e. The number of pyridine rings is 1. The number of aromatic nitrogens is 1. The van der Waals surface area contributed by atoms with Gasteiger partial charge in [-0.15, -0.1) is 0 Å². The van der Waals surface area contributed by atoms with Gasteiger partial charge in [-0.25, -0.2) is 15.0 Å². The van der Waals surface area contributed by atoms with Crippen molar-refractivity contribution in [1.29, 1.82) is 0 Å². The second-order valence-corrected chi connectivity index (χ2v) is 5.81. The first-order valence-electron chi connectivity index (χ1n) is 8.17. The summed E-state index contributed by atoms with van der Waals surface area (Å²) < 4.78 is 21.0. The van der Waals surface area contributed by atoms with E-state index in [1.165, 1.54) is 13.8 Å². The van der Waals surface area contributed by atoms with Crippen LogP contribution in [-0.4, -0.2) is 67.2 Å². The van der Waals surface area contributed by atoms with Gasteiger partial charge in [0.25, 0.3) is 0 Å². The molecule has 3 heterocycles. The third-order valence-corrected chi connectivity index (χ3v) is 3.57. The van der Waals surface area contributed by atoms with Crippen LogP contribution in [0.25, 0.3) is 0 Å². The topological polar surface area (TPSA) is 109 Å². The zero-order valence-corrected chi connectivity index (χ0v) is 14.5. The van der Waals surface area contributed by atoms with Crippen LogP contribution in [0.5, 0.6) is 0 Å². The molecule has 0 aromatic carbocycles. The predicted molar refractivity (Wildman–Crippen MR) is 90.1 cm³/mol. The van der Waals surface area contributed by atoms with Gasteiger partial charge in [-0.3, -0.25) is 9.59 Å². The van der Waals surface area contributed by atoms with E-state index in [2.05, 4.69) is 15.0 Å². The Balaban J connectivity index is 1.67. The molecule has 0 amide bonds. The van der Waals surface area contributed by atoms with Crippen molar-refractivity contribution in [2.24, 2.45) is 9.98 Å². The lowest BCUT2D eigenvalue weighted by molar-refractivity contribution is -0.142. The number of rotatable bonds is 6. The summed E-state index contributed by atoms with van der Waals surface area (Å²) in [6.07, 6.45) is 0. The molecule has 2 atom stereocenters. The largest absolute Gasteiger partial charge is 0.474 e. The normalized spacial score (nSPS) is 21.3. The van der Waals surface area contributed by atoms with E-state index in [4.69, 9.17) is 18.9 Å². The molecule has 0 bridgehead atoms. The van der Waals surface area contributed by atoms with Crippen molar-refractivity contribution in [3.63, 3.8) is 0 Å². The highest BCUT2D eigenvalue weighted by Crippen LogP contribution is 2.15. The fourth-order valence-electron chi connectivity index (χ4n) is 2.38. The maximum absolute atomic E-state index is 10.9. The first-order chi connectivity index (χ1) is 12.5. The van der Waals surface area contributed by atoms with Crippen LogP contribution in [0.1, 0.15) is 25.2 Å². The summed E-state index contributed by atoms with van der Waals surface area (Å²) in [5, 5.41) is 0. The number of hydrogen-bond acceptors (Lipinski definition) is 9. The van der Waals surface area contributed by atoms with Gasteiger partial charge in [-0.1, -0.05) is 6.07 Å². The maximum atomic E-state index is 10.9. The van der Waals surface area contributed by atoms with E-state index >= 15 is 0 Å². The van der Waals surface area contributed by atoms with Crippen LogP contribution in [0.4, 0.5) is 0 Å². The molecular formula is C17H19N3O6. The van der Waals surface area contributed by atoms with Crippen LogP contribution in [0.2, 0.25) is 0 Å². The van der Waals surface area contributed by atoms with Crippen LogP contribution in [0.15, 0.2) is 28.2 Å². The van der Waals surface area contributed by atoms with Gasteiger partial charge in [0.15, 0.2) is 0 Å². The third-order valence-electron chi connectivity index (χ3n) is 3.57. The lowest BCUT2D eigenvalue weighted by Gasteiger charge is -2.04. The van der Waals surface area contributed by atoms with E-state index in [9.17, 15) is 9.59 Å². The van der Waals surface area contributed by atoms with Crippen molar-refractivity contribution < 1.29 is 28.5 Å². The molecule has 0 saturated carbocycles. The summed E-state index contributed by atoms with van der Waals surface area (Å²) in [5.74, 6) is 0.0695. The number of aliphatic imine (C=N–C) groups is 2. The Morgan fingerprint density at radius 2 is 1.42 bits per heavy atom. The SMILES string of the molecule is CC(=O)OCC1COC(c2cccc(C3=NC(COC(C)=O)CO3)n2)=N1. The second-order valence-electron chi connectivity index (χ2n) is 5.81. The van der Waals surface area contributed by atoms with Crippen molar-refractivity contribution in [1.82, 2.24) is 4.98 Å². The summed E-state index contributed by atoms with van der Waals surface area (Å²) in [4.78, 5) is 35.0. The molecule has 0 fully saturated rings. The van der Waals surface area contributed by atoms with Crippen molar-refractivity contribution in [2.75, 3.05) is 26.4 Å². The molecule has 0 spiro atoms. The van der Waals surface area contributed by atoms with Crippen LogP contribution < -0.4 is 0 Å². The Hall–Kier alpha value is -2.97. The van der Waals surface area contributed by atoms with E-state index in [-0.39, 0.29) is 37.2 Å². The Morgan fingerprint density at radius 1 is 0.962 bits per heavy atom. The minimum atomic E-state index is -0.353. The molecule has 1 aromatic rings. The quantitative estimate of drug-likeness (QED) is 0.679. The van der Waals surface area contributed by atoms with Crippen molar-refractivity contribution in [2.45, 2.75) is 25.9 Å². The molecule has 2 aliphatic rings. The average Bonchev–Trinajstić information content (AvgIpc) is 3.28. The lowest BCUT2D eigenvalue weighted by atomic mass is 10.3. The minimum absolute atomic E-state index is 0.173. The number of carbonyl (C=O) groups excluding carboxylic acids is 2. The summed E-state index contributed by atoms with van der Waals surface area (Å²) in [6.45, 7) is 3.70. The van der Waals surface area contributed by atoms with Crippen LogP contribution in [0.3, 0.4) is 0 Å². The summed E-state index contributed by atoms with van der Waals surface area (Å²) in [7, 11) is 0. The van der Waals surface area contributed by atoms with Gasteiger partial charge in [0.05, 0.1) is 0 Å². The summed E-state index contributed by atoms with van der Waals surface area (Å²) in [5.41, 5.74) is 1.09. The number of ether oxygens (including phenoxy) is 4. The molecule has 3 rings (SSSR count). The molecule has 1 aromatic heterocycles. The lowest BCUT2D eigenvalue weighted by Crippen LogP contribution is -2.16. The first-order valence-corrected chi connectivity index (χ1v) is 8.17. The highest BCUT2D eigenvalue weighted by molar-refractivity contribution is 5.97. The van der Waals surface area contributed by atoms with Gasteiger partial charge in [-0.2, -0.15) is 0 Å². The summed E-state index contributed by atoms with van der Waals surface area (Å²) in [6, 6.07) is 4.85. The van der Waals surface area contributed by atoms with E-state index < -0.39 is 0 Å². The van der Waals surface area contributed by atoms with Crippen molar-refractivity contribution in [3.8, 4) is 0 Å². The molecule has 2 unspecified atom stereocenters. The molecule has 9 heteroatoms. The van der Waals surface area contributed by atoms with Crippen LogP contribution in [0, 0.1) is 0 Å². The fourth-order valence-corrected chi connectivity index (χ4v) is 2.38. The Morgan fingerprint density at radius 3 is 1.85 bits per heavy atom. The van der Waals surface area contributed by atoms with Crippen LogP contribution >= 0.6 is 0 Å². The molecule has 26 heavy (non-hydrogen) atoms. The highest BCUT2D eigenvalue weighted by atomic mass is 16.5. The molecule has 0 N–H and O–H groups in total. The first kappa shape index (κ1) is 17.8. The van der Waals surface area contributed by atoms with Gasteiger partial charge >= 0.3 is 11.9 Å². The maximum Gasteiger partial charge on any atom is 0.302 e. The third kappa shape index (κ3) is 4.56. The monoisotopic (exact) mass is 361 g/mol. The van der Waals surface area contributed by atoms with Gasteiger partial charge in [0, 0.05) is 13.8 Å². The Labute approximate surface area is 150 Å². The zero-order chi connectivity index (χ0) is 18.5. The van der Waals surface area contributed by atoms with Gasteiger partial charge in [0.2, 0.25) is 11.8 Å². The Bertz CT molecular complexity index is 701. The van der Waals surface area contributed by atoms with E-state index in [0.29, 0.717) is 36.4 Å². The number of esters is 2. The smallest absolute Gasteiger partial charge is 0.302 e. The predicted octanol–water partition coefficient (Wildman–Crippen LogP) is 0.499. The van der Waals surface area contributed by atoms with E-state index in [1.807, 2.05) is 0 Å². The summed E-state index contributed by atoms with van der Waals surface area (Å²) >= 11 is 0. The highest BCUT2D eigenvalue weighted by Gasteiger charge is 2.25. The fraction of sp³-hybridized carbons (Fsp3) is 0.471. The molecule has 9 nitrogen and oxygen atoms in total. The van der Waals surface area contributed by atoms with E-state index in [1.54, 1.807) is 18.2 Å². The van der Waals surface area contributed by atoms with E-state index in [0.717, 1.165) is 0 Å². The second kappa shape index (κ2) is 7.94. The van der Waals surface area contributed by atoms with Crippen molar-refractivity contribution in [3.05, 3.63) is 29.6 Å². The van der Waals surface area contributed by atoms with Crippen LogP contribution in [-0.2, 0) is 28.5 Å². The molecule has 2 aliphatic heterocycles.